The van der Waals surface area contributed by atoms with E-state index < -0.39 is 0 Å². The first kappa shape index (κ1) is 12.2. The molecule has 1 aromatic rings. The van der Waals surface area contributed by atoms with E-state index >= 15 is 0 Å². The van der Waals surface area contributed by atoms with Crippen molar-refractivity contribution in [2.75, 3.05) is 18.6 Å². The van der Waals surface area contributed by atoms with Gasteiger partial charge in [-0.15, -0.1) is 0 Å². The third-order valence-corrected chi connectivity index (χ3v) is 3.34. The van der Waals surface area contributed by atoms with Crippen molar-refractivity contribution in [2.45, 2.75) is 24.8 Å². The summed E-state index contributed by atoms with van der Waals surface area (Å²) >= 11 is 6.25. The molecule has 0 saturated carbocycles. The summed E-state index contributed by atoms with van der Waals surface area (Å²) in [5, 5.41) is 0. The molecule has 1 aromatic heterocycles. The normalized spacial score (nSPS) is 20.1. The van der Waals surface area contributed by atoms with Crippen LogP contribution in [0.2, 0.25) is 0 Å². The van der Waals surface area contributed by atoms with E-state index in [-0.39, 0.29) is 11.5 Å². The minimum absolute atomic E-state index is 0.0378. The van der Waals surface area contributed by atoms with Gasteiger partial charge in [-0.3, -0.25) is 0 Å². The number of alkyl halides is 1. The third-order valence-electron chi connectivity index (χ3n) is 2.89. The number of hydrogen-bond acceptors (Lipinski definition) is 4. The molecule has 1 aliphatic rings. The average Bonchev–Trinajstić information content (AvgIpc) is 2.38. The second-order valence-corrected chi connectivity index (χ2v) is 4.52. The van der Waals surface area contributed by atoms with Gasteiger partial charge in [-0.25, -0.2) is 9.78 Å². The zero-order valence-corrected chi connectivity index (χ0v) is 10.5. The summed E-state index contributed by atoms with van der Waals surface area (Å²) in [4.78, 5) is 17.7. The number of ether oxygens (including phenoxy) is 1. The molecule has 0 bridgehead atoms. The molecule has 1 saturated heterocycles. The number of pyridine rings is 1. The number of carbonyl (C=O) groups is 1. The highest BCUT2D eigenvalue weighted by Crippen LogP contribution is 2.25. The smallest absolute Gasteiger partial charge is 0.338 e. The minimum Gasteiger partial charge on any atom is -0.465 e. The Morgan fingerprint density at radius 2 is 2.41 bits per heavy atom. The van der Waals surface area contributed by atoms with Gasteiger partial charge in [0.1, 0.15) is 11.3 Å². The Morgan fingerprint density at radius 1 is 1.59 bits per heavy atom. The van der Waals surface area contributed by atoms with Gasteiger partial charge in [0.15, 0.2) is 0 Å². The zero-order valence-electron chi connectivity index (χ0n) is 9.73. The monoisotopic (exact) mass is 254 g/mol. The lowest BCUT2D eigenvalue weighted by Crippen LogP contribution is -2.36. The molecule has 0 N–H and O–H groups in total. The van der Waals surface area contributed by atoms with Gasteiger partial charge in [0.25, 0.3) is 0 Å². The van der Waals surface area contributed by atoms with Crippen molar-refractivity contribution in [1.29, 1.82) is 0 Å². The Labute approximate surface area is 106 Å². The number of halogens is 1. The maximum Gasteiger partial charge on any atom is 0.338 e. The maximum atomic E-state index is 11.4. The molecule has 1 fully saturated rings. The van der Waals surface area contributed by atoms with Gasteiger partial charge in [-0.2, -0.15) is 0 Å². The first-order valence-electron chi connectivity index (χ1n) is 5.67. The van der Waals surface area contributed by atoms with Gasteiger partial charge >= 0.3 is 5.97 Å². The molecule has 0 radical (unpaired) electrons. The Bertz CT molecular complexity index is 411. The lowest BCUT2D eigenvalue weighted by atomic mass is 10.1. The molecule has 2 heterocycles. The predicted molar refractivity (Wildman–Crippen MR) is 66.4 cm³/mol. The van der Waals surface area contributed by atoms with Gasteiger partial charge in [0.2, 0.25) is 0 Å². The summed E-state index contributed by atoms with van der Waals surface area (Å²) in [5.41, 5.74) is 0.469. The Hall–Kier alpha value is -1.29. The first-order valence-corrected chi connectivity index (χ1v) is 6.11. The highest BCUT2D eigenvalue weighted by Gasteiger charge is 2.22. The summed E-state index contributed by atoms with van der Waals surface area (Å²) in [7, 11) is 1.37. The van der Waals surface area contributed by atoms with Gasteiger partial charge in [-0.1, -0.05) is 11.6 Å². The van der Waals surface area contributed by atoms with Crippen LogP contribution in [0.25, 0.3) is 0 Å². The van der Waals surface area contributed by atoms with Gasteiger partial charge < -0.3 is 9.64 Å². The molecule has 0 amide bonds. The van der Waals surface area contributed by atoms with Crippen LogP contribution in [-0.4, -0.2) is 30.1 Å². The Kier molecular flexibility index (Phi) is 3.84. The number of piperidine rings is 1. The van der Waals surface area contributed by atoms with Crippen LogP contribution >= 0.6 is 11.6 Å². The minimum atomic E-state index is -0.350. The number of anilines is 1. The fraction of sp³-hybridized carbons (Fsp3) is 0.500. The van der Waals surface area contributed by atoms with Crippen LogP contribution in [0.5, 0.6) is 0 Å². The van der Waals surface area contributed by atoms with E-state index in [2.05, 4.69) is 9.72 Å². The number of hydrogen-bond donors (Lipinski definition) is 0. The molecule has 0 aliphatic carbocycles. The predicted octanol–water partition coefficient (Wildman–Crippen LogP) is 2.42. The number of rotatable bonds is 2. The Morgan fingerprint density at radius 3 is 3.12 bits per heavy atom. The molecule has 5 heteroatoms. The van der Waals surface area contributed by atoms with E-state index in [9.17, 15) is 4.79 Å². The largest absolute Gasteiger partial charge is 0.465 e. The van der Waals surface area contributed by atoms with Crippen molar-refractivity contribution < 1.29 is 9.53 Å². The van der Waals surface area contributed by atoms with E-state index in [1.54, 1.807) is 18.3 Å². The summed E-state index contributed by atoms with van der Waals surface area (Å²) in [6.07, 6.45) is 4.81. The van der Waals surface area contributed by atoms with Crippen LogP contribution in [0.15, 0.2) is 18.3 Å². The van der Waals surface area contributed by atoms with Crippen LogP contribution in [-0.2, 0) is 4.74 Å². The molecule has 2 rings (SSSR count). The van der Waals surface area contributed by atoms with Gasteiger partial charge in [0.05, 0.1) is 12.7 Å². The molecule has 0 aromatic carbocycles. The van der Waals surface area contributed by atoms with Crippen molar-refractivity contribution in [2.24, 2.45) is 0 Å². The summed E-state index contributed by atoms with van der Waals surface area (Å²) in [6, 6.07) is 3.37. The highest BCUT2D eigenvalue weighted by molar-refractivity contribution is 6.21. The Balaban J connectivity index is 2.23. The number of esters is 1. The van der Waals surface area contributed by atoms with Crippen molar-refractivity contribution in [3.63, 3.8) is 0 Å². The highest BCUT2D eigenvalue weighted by atomic mass is 35.5. The van der Waals surface area contributed by atoms with Crippen molar-refractivity contribution in [3.05, 3.63) is 23.9 Å². The van der Waals surface area contributed by atoms with Crippen LogP contribution in [0, 0.1) is 0 Å². The fourth-order valence-corrected chi connectivity index (χ4v) is 2.32. The van der Waals surface area contributed by atoms with Crippen LogP contribution in [0.1, 0.15) is 29.6 Å². The molecule has 1 unspecified atom stereocenters. The van der Waals surface area contributed by atoms with Crippen molar-refractivity contribution >= 4 is 23.4 Å². The summed E-state index contributed by atoms with van der Waals surface area (Å²) in [6.45, 7) is 0.881. The van der Waals surface area contributed by atoms with E-state index in [1.165, 1.54) is 7.11 Å². The zero-order chi connectivity index (χ0) is 12.3. The maximum absolute atomic E-state index is 11.4. The second kappa shape index (κ2) is 5.36. The molecule has 0 spiro atoms. The quantitative estimate of drug-likeness (QED) is 0.462. The fourth-order valence-electron chi connectivity index (χ4n) is 1.97. The van der Waals surface area contributed by atoms with Crippen LogP contribution in [0.4, 0.5) is 5.82 Å². The van der Waals surface area contributed by atoms with E-state index in [0.717, 1.165) is 31.6 Å². The number of carbonyl (C=O) groups excluding carboxylic acids is 1. The van der Waals surface area contributed by atoms with E-state index in [1.807, 2.05) is 4.90 Å². The van der Waals surface area contributed by atoms with Crippen molar-refractivity contribution in [1.82, 2.24) is 4.98 Å². The first-order chi connectivity index (χ1) is 8.22. The molecule has 4 nitrogen and oxygen atoms in total. The summed E-state index contributed by atoms with van der Waals surface area (Å²) < 4.78 is 4.69. The molecule has 92 valence electrons. The average molecular weight is 255 g/mol. The standard InChI is InChI=1S/C12H15ClN2O2/c1-17-12(16)9-5-6-14-11(8-9)15-7-3-2-4-10(15)13/h5-6,8,10H,2-4,7H2,1H3. The van der Waals surface area contributed by atoms with E-state index in [0.29, 0.717) is 5.56 Å². The van der Waals surface area contributed by atoms with E-state index in [4.69, 9.17) is 11.6 Å². The molecule has 1 atom stereocenters. The SMILES string of the molecule is COC(=O)c1ccnc(N2CCCCC2Cl)c1. The number of methoxy groups -OCH3 is 1. The molecular weight excluding hydrogens is 240 g/mol. The molecule has 1 aliphatic heterocycles. The van der Waals surface area contributed by atoms with Gasteiger partial charge in [-0.05, 0) is 31.4 Å². The second-order valence-electron chi connectivity index (χ2n) is 4.02. The third kappa shape index (κ3) is 2.69. The molecular formula is C12H15ClN2O2. The van der Waals surface area contributed by atoms with Crippen LogP contribution < -0.4 is 4.90 Å². The number of nitrogens with zero attached hydrogens (tertiary/aromatic N) is 2. The topological polar surface area (TPSA) is 42.4 Å². The van der Waals surface area contributed by atoms with Crippen LogP contribution in [0.3, 0.4) is 0 Å². The number of aromatic nitrogens is 1. The molecule has 17 heavy (non-hydrogen) atoms. The summed E-state index contributed by atoms with van der Waals surface area (Å²) in [5.74, 6) is 0.393. The van der Waals surface area contributed by atoms with Gasteiger partial charge in [0, 0.05) is 12.7 Å². The lowest BCUT2D eigenvalue weighted by Gasteiger charge is -2.32. The van der Waals surface area contributed by atoms with Crippen molar-refractivity contribution in [3.8, 4) is 0 Å². The lowest BCUT2D eigenvalue weighted by molar-refractivity contribution is 0.0600.